The molecule has 0 fully saturated rings. The summed E-state index contributed by atoms with van der Waals surface area (Å²) in [6, 6.07) is 9.71. The summed E-state index contributed by atoms with van der Waals surface area (Å²) in [7, 11) is 1.56. The van der Waals surface area contributed by atoms with E-state index < -0.39 is 17.5 Å². The lowest BCUT2D eigenvalue weighted by Gasteiger charge is -2.09. The summed E-state index contributed by atoms with van der Waals surface area (Å²) >= 11 is 1.04. The van der Waals surface area contributed by atoms with E-state index in [0.717, 1.165) is 30.0 Å². The molecule has 1 N–H and O–H groups in total. The van der Waals surface area contributed by atoms with Crippen LogP contribution in [0.4, 0.5) is 14.5 Å². The molecule has 1 amide bonds. The number of rotatable bonds is 4. The molecule has 128 valence electrons. The summed E-state index contributed by atoms with van der Waals surface area (Å²) in [4.78, 5) is 28.6. The molecule has 0 aliphatic heterocycles. The lowest BCUT2D eigenvalue weighted by Crippen LogP contribution is -2.21. The topological polar surface area (TPSA) is 64.0 Å². The van der Waals surface area contributed by atoms with Gasteiger partial charge in [-0.05, 0) is 24.3 Å². The summed E-state index contributed by atoms with van der Waals surface area (Å²) in [6.45, 7) is 0. The quantitative estimate of drug-likeness (QED) is 0.573. The van der Waals surface area contributed by atoms with E-state index in [4.69, 9.17) is 0 Å². The highest BCUT2D eigenvalue weighted by molar-refractivity contribution is 7.99. The van der Waals surface area contributed by atoms with E-state index in [1.807, 2.05) is 0 Å². The van der Waals surface area contributed by atoms with Crippen LogP contribution in [0.3, 0.4) is 0 Å². The number of halogens is 2. The van der Waals surface area contributed by atoms with Crippen molar-refractivity contribution < 1.29 is 13.6 Å². The van der Waals surface area contributed by atoms with Gasteiger partial charge < -0.3 is 5.32 Å². The van der Waals surface area contributed by atoms with Gasteiger partial charge in [-0.1, -0.05) is 23.9 Å². The summed E-state index contributed by atoms with van der Waals surface area (Å²) < 4.78 is 28.0. The van der Waals surface area contributed by atoms with Crippen LogP contribution >= 0.6 is 11.8 Å². The Hall–Kier alpha value is -2.74. The van der Waals surface area contributed by atoms with Crippen LogP contribution in [0.25, 0.3) is 10.9 Å². The van der Waals surface area contributed by atoms with E-state index in [2.05, 4.69) is 10.3 Å². The molecule has 0 unspecified atom stereocenters. The summed E-state index contributed by atoms with van der Waals surface area (Å²) in [5.41, 5.74) is 0.0836. The smallest absolute Gasteiger partial charge is 0.261 e. The highest BCUT2D eigenvalue weighted by atomic mass is 32.2. The van der Waals surface area contributed by atoms with Gasteiger partial charge in [-0.25, -0.2) is 13.8 Å². The number of benzene rings is 2. The number of amides is 1. The molecule has 0 saturated carbocycles. The van der Waals surface area contributed by atoms with Crippen molar-refractivity contribution in [3.05, 3.63) is 64.5 Å². The molecule has 1 aromatic heterocycles. The zero-order chi connectivity index (χ0) is 18.0. The molecular formula is C17H13F2N3O2S. The number of carbonyl (C=O) groups is 1. The summed E-state index contributed by atoms with van der Waals surface area (Å²) in [6.07, 6.45) is 0. The maximum Gasteiger partial charge on any atom is 0.261 e. The molecule has 0 aliphatic rings. The number of nitrogens with one attached hydrogen (secondary N) is 1. The van der Waals surface area contributed by atoms with Crippen LogP contribution in [0.5, 0.6) is 0 Å². The van der Waals surface area contributed by atoms with Crippen molar-refractivity contribution in [2.24, 2.45) is 7.05 Å². The van der Waals surface area contributed by atoms with Crippen LogP contribution < -0.4 is 10.9 Å². The lowest BCUT2D eigenvalue weighted by atomic mass is 10.2. The molecule has 2 aromatic carbocycles. The van der Waals surface area contributed by atoms with Crippen LogP contribution in [-0.2, 0) is 11.8 Å². The molecule has 0 radical (unpaired) electrons. The Morgan fingerprint density at radius 1 is 1.24 bits per heavy atom. The average molecular weight is 361 g/mol. The van der Waals surface area contributed by atoms with Gasteiger partial charge in [0.15, 0.2) is 5.16 Å². The maximum absolute atomic E-state index is 13.5. The van der Waals surface area contributed by atoms with Gasteiger partial charge in [-0.2, -0.15) is 0 Å². The van der Waals surface area contributed by atoms with Crippen molar-refractivity contribution >= 4 is 34.3 Å². The molecule has 8 heteroatoms. The van der Waals surface area contributed by atoms with Crippen molar-refractivity contribution in [2.75, 3.05) is 11.1 Å². The molecule has 0 spiro atoms. The normalized spacial score (nSPS) is 10.8. The molecule has 0 aliphatic carbocycles. The fourth-order valence-corrected chi connectivity index (χ4v) is 3.01. The van der Waals surface area contributed by atoms with E-state index in [1.165, 1.54) is 4.57 Å². The average Bonchev–Trinajstić information content (AvgIpc) is 2.60. The maximum atomic E-state index is 13.5. The second-order valence-electron chi connectivity index (χ2n) is 5.24. The van der Waals surface area contributed by atoms with Gasteiger partial charge >= 0.3 is 0 Å². The highest BCUT2D eigenvalue weighted by Crippen LogP contribution is 2.19. The largest absolute Gasteiger partial charge is 0.323 e. The van der Waals surface area contributed by atoms with Crippen LogP contribution in [-0.4, -0.2) is 21.2 Å². The third-order valence-corrected chi connectivity index (χ3v) is 4.51. The molecule has 3 rings (SSSR count). The Bertz CT molecular complexity index is 1020. The van der Waals surface area contributed by atoms with Gasteiger partial charge in [0.05, 0.1) is 22.3 Å². The van der Waals surface area contributed by atoms with Crippen molar-refractivity contribution in [1.29, 1.82) is 0 Å². The number of nitrogens with zero attached hydrogens (tertiary/aromatic N) is 2. The van der Waals surface area contributed by atoms with Crippen LogP contribution in [0.2, 0.25) is 0 Å². The molecule has 0 bridgehead atoms. The number of hydrogen-bond donors (Lipinski definition) is 1. The Kier molecular flexibility index (Phi) is 4.80. The zero-order valence-electron chi connectivity index (χ0n) is 13.1. The van der Waals surface area contributed by atoms with Crippen molar-refractivity contribution in [2.45, 2.75) is 5.16 Å². The van der Waals surface area contributed by atoms with Crippen LogP contribution in [0.1, 0.15) is 0 Å². The van der Waals surface area contributed by atoms with E-state index >= 15 is 0 Å². The molecular weight excluding hydrogens is 348 g/mol. The Morgan fingerprint density at radius 2 is 2.00 bits per heavy atom. The van der Waals surface area contributed by atoms with Gasteiger partial charge in [0.25, 0.3) is 5.56 Å². The summed E-state index contributed by atoms with van der Waals surface area (Å²) in [5.74, 6) is -2.01. The third kappa shape index (κ3) is 3.69. The van der Waals surface area contributed by atoms with Crippen LogP contribution in [0, 0.1) is 11.6 Å². The number of anilines is 1. The highest BCUT2D eigenvalue weighted by Gasteiger charge is 2.12. The van der Waals surface area contributed by atoms with Gasteiger partial charge in [0, 0.05) is 13.1 Å². The van der Waals surface area contributed by atoms with E-state index in [1.54, 1.807) is 31.3 Å². The van der Waals surface area contributed by atoms with Gasteiger partial charge in [-0.3, -0.25) is 14.2 Å². The second kappa shape index (κ2) is 7.02. The molecule has 25 heavy (non-hydrogen) atoms. The lowest BCUT2D eigenvalue weighted by molar-refractivity contribution is -0.113. The first-order valence-corrected chi connectivity index (χ1v) is 8.28. The predicted octanol–water partition coefficient (Wildman–Crippen LogP) is 2.94. The predicted molar refractivity (Wildman–Crippen MR) is 92.7 cm³/mol. The van der Waals surface area contributed by atoms with E-state index in [-0.39, 0.29) is 17.0 Å². The minimum atomic E-state index is -0.726. The number of para-hydroxylation sites is 1. The summed E-state index contributed by atoms with van der Waals surface area (Å²) in [5, 5.41) is 3.15. The molecule has 0 saturated heterocycles. The monoisotopic (exact) mass is 361 g/mol. The first-order chi connectivity index (χ1) is 12.0. The minimum absolute atomic E-state index is 0.103. The number of fused-ring (bicyclic) bond motifs is 1. The van der Waals surface area contributed by atoms with Crippen molar-refractivity contribution in [3.63, 3.8) is 0 Å². The Labute approximate surface area is 145 Å². The Morgan fingerprint density at radius 3 is 2.80 bits per heavy atom. The van der Waals surface area contributed by atoms with E-state index in [9.17, 15) is 18.4 Å². The zero-order valence-corrected chi connectivity index (χ0v) is 13.9. The molecule has 0 atom stereocenters. The minimum Gasteiger partial charge on any atom is -0.323 e. The molecule has 1 heterocycles. The fraction of sp³-hybridized carbons (Fsp3) is 0.118. The number of carbonyl (C=O) groups excluding carboxylic acids is 1. The second-order valence-corrected chi connectivity index (χ2v) is 6.18. The number of thioether (sulfide) groups is 1. The first kappa shape index (κ1) is 17.1. The van der Waals surface area contributed by atoms with E-state index in [0.29, 0.717) is 16.1 Å². The fourth-order valence-electron chi connectivity index (χ4n) is 2.24. The molecule has 5 nitrogen and oxygen atoms in total. The van der Waals surface area contributed by atoms with Crippen LogP contribution in [0.15, 0.2) is 52.4 Å². The van der Waals surface area contributed by atoms with Gasteiger partial charge in [0.1, 0.15) is 11.6 Å². The Balaban J connectivity index is 1.76. The van der Waals surface area contributed by atoms with Gasteiger partial charge in [-0.15, -0.1) is 0 Å². The number of hydrogen-bond acceptors (Lipinski definition) is 4. The number of aromatic nitrogens is 2. The third-order valence-electron chi connectivity index (χ3n) is 3.48. The van der Waals surface area contributed by atoms with Crippen molar-refractivity contribution in [1.82, 2.24) is 9.55 Å². The molecule has 3 aromatic rings. The van der Waals surface area contributed by atoms with Crippen molar-refractivity contribution in [3.8, 4) is 0 Å². The van der Waals surface area contributed by atoms with Gasteiger partial charge in [0.2, 0.25) is 5.91 Å². The standard InChI is InChI=1S/C17H13F2N3O2S/c1-22-16(24)11-4-2-3-5-13(11)21-17(22)25-9-15(23)20-14-8-10(18)6-7-12(14)19/h2-8H,9H2,1H3,(H,20,23). The SMILES string of the molecule is Cn1c(SCC(=O)Nc2cc(F)ccc2F)nc2ccccc2c1=O. The first-order valence-electron chi connectivity index (χ1n) is 7.29.